The molecule has 3 nitrogen and oxygen atoms in total. The van der Waals surface area contributed by atoms with E-state index in [-0.39, 0.29) is 0 Å². The molecule has 0 spiro atoms. The van der Waals surface area contributed by atoms with Gasteiger partial charge in [-0.25, -0.2) is 0 Å². The van der Waals surface area contributed by atoms with Gasteiger partial charge in [0.15, 0.2) is 0 Å². The molecule has 0 saturated heterocycles. The van der Waals surface area contributed by atoms with Gasteiger partial charge in [0.25, 0.3) is 0 Å². The molecular weight excluding hydrogens is 98.1 g/mol. The van der Waals surface area contributed by atoms with Crippen LogP contribution in [0, 0.1) is 0 Å². The van der Waals surface area contributed by atoms with Crippen molar-refractivity contribution in [2.24, 2.45) is 4.99 Å². The van der Waals surface area contributed by atoms with Crippen molar-refractivity contribution in [2.75, 3.05) is 6.67 Å². The first-order valence-corrected chi connectivity index (χ1v) is 2.00. The second-order valence-electron chi connectivity index (χ2n) is 0.982. The number of nitrogens with zero attached hydrogens (tertiary/aromatic N) is 2. The minimum Gasteiger partial charge on any atom is -0.298 e. The fourth-order valence-corrected chi connectivity index (χ4v) is 0.391. The third-order valence-electron chi connectivity index (χ3n) is 0.514. The molecule has 1 N–H and O–H groups in total. The number of thiol groups is 1. The minimum atomic E-state index is 0.642. The SMILES string of the molecule is SN1CN=CN1. The van der Waals surface area contributed by atoms with E-state index in [1.165, 1.54) is 0 Å². The lowest BCUT2D eigenvalue weighted by Crippen LogP contribution is -2.20. The van der Waals surface area contributed by atoms with Gasteiger partial charge in [-0.3, -0.25) is 10.4 Å². The van der Waals surface area contributed by atoms with Gasteiger partial charge in [-0.15, -0.1) is 4.41 Å². The zero-order valence-corrected chi connectivity index (χ0v) is 4.02. The zero-order chi connectivity index (χ0) is 4.41. The summed E-state index contributed by atoms with van der Waals surface area (Å²) < 4.78 is 1.58. The van der Waals surface area contributed by atoms with Gasteiger partial charge < -0.3 is 0 Å². The molecule has 6 heavy (non-hydrogen) atoms. The van der Waals surface area contributed by atoms with Gasteiger partial charge >= 0.3 is 0 Å². The predicted octanol–water partition coefficient (Wildman–Crippen LogP) is -0.363. The Morgan fingerprint density at radius 2 is 2.83 bits per heavy atom. The van der Waals surface area contributed by atoms with Crippen molar-refractivity contribution in [1.82, 2.24) is 9.84 Å². The molecule has 0 fully saturated rings. The normalized spacial score (nSPS) is 21.5. The van der Waals surface area contributed by atoms with Crippen LogP contribution in [0.3, 0.4) is 0 Å². The van der Waals surface area contributed by atoms with Gasteiger partial charge in [0.2, 0.25) is 0 Å². The largest absolute Gasteiger partial charge is 0.298 e. The van der Waals surface area contributed by atoms with Gasteiger partial charge in [-0.1, -0.05) is 12.8 Å². The van der Waals surface area contributed by atoms with Crippen LogP contribution in [0.2, 0.25) is 0 Å². The lowest BCUT2D eigenvalue weighted by atomic mass is 11.2. The summed E-state index contributed by atoms with van der Waals surface area (Å²) in [7, 11) is 0. The van der Waals surface area contributed by atoms with E-state index < -0.39 is 0 Å². The molecule has 1 aliphatic rings. The summed E-state index contributed by atoms with van der Waals surface area (Å²) in [6.45, 7) is 0.642. The molecule has 0 saturated carbocycles. The van der Waals surface area contributed by atoms with Crippen LogP contribution in [-0.2, 0) is 0 Å². The lowest BCUT2D eigenvalue weighted by molar-refractivity contribution is 0.491. The first kappa shape index (κ1) is 3.95. The quantitative estimate of drug-likeness (QED) is 0.410. The summed E-state index contributed by atoms with van der Waals surface area (Å²) in [6, 6.07) is 0. The fraction of sp³-hybridized carbons (Fsp3) is 0.500. The van der Waals surface area contributed by atoms with Crippen molar-refractivity contribution in [3.8, 4) is 0 Å². The molecule has 0 radical (unpaired) electrons. The van der Waals surface area contributed by atoms with Crippen molar-refractivity contribution >= 4 is 19.2 Å². The highest BCUT2D eigenvalue weighted by Crippen LogP contribution is 1.88. The summed E-state index contributed by atoms with van der Waals surface area (Å²) in [5, 5.41) is 0. The third kappa shape index (κ3) is 0.636. The molecule has 4 heteroatoms. The number of hydrogen-bond donors (Lipinski definition) is 2. The second kappa shape index (κ2) is 1.49. The Morgan fingerprint density at radius 3 is 3.00 bits per heavy atom. The molecule has 1 aliphatic heterocycles. The van der Waals surface area contributed by atoms with E-state index in [1.807, 2.05) is 0 Å². The van der Waals surface area contributed by atoms with Crippen LogP contribution in [0.1, 0.15) is 0 Å². The second-order valence-corrected chi connectivity index (χ2v) is 1.46. The van der Waals surface area contributed by atoms with Crippen molar-refractivity contribution in [3.05, 3.63) is 0 Å². The molecule has 34 valence electrons. The van der Waals surface area contributed by atoms with E-state index in [4.69, 9.17) is 0 Å². The summed E-state index contributed by atoms with van der Waals surface area (Å²) in [5.41, 5.74) is 2.73. The Kier molecular flexibility index (Phi) is 0.979. The molecule has 0 bridgehead atoms. The maximum absolute atomic E-state index is 3.89. The smallest absolute Gasteiger partial charge is 0.121 e. The average molecular weight is 103 g/mol. The summed E-state index contributed by atoms with van der Waals surface area (Å²) >= 11 is 3.89. The number of hydrazine groups is 1. The molecule has 0 atom stereocenters. The Labute approximate surface area is 41.6 Å². The van der Waals surface area contributed by atoms with Gasteiger partial charge in [0, 0.05) is 0 Å². The van der Waals surface area contributed by atoms with E-state index in [0.717, 1.165) is 0 Å². The van der Waals surface area contributed by atoms with Gasteiger partial charge in [-0.05, 0) is 0 Å². The van der Waals surface area contributed by atoms with Gasteiger partial charge in [0.1, 0.15) is 6.67 Å². The molecule has 0 aromatic rings. The van der Waals surface area contributed by atoms with Gasteiger partial charge in [-0.2, -0.15) is 0 Å². The maximum atomic E-state index is 3.89. The predicted molar refractivity (Wildman–Crippen MR) is 27.3 cm³/mol. The van der Waals surface area contributed by atoms with E-state index in [2.05, 4.69) is 23.2 Å². The lowest BCUT2D eigenvalue weighted by Gasteiger charge is -2.00. The van der Waals surface area contributed by atoms with Crippen molar-refractivity contribution < 1.29 is 0 Å². The Hall–Kier alpha value is -0.220. The molecule has 0 aromatic heterocycles. The Morgan fingerprint density at radius 1 is 2.00 bits per heavy atom. The van der Waals surface area contributed by atoms with Crippen LogP contribution >= 0.6 is 12.8 Å². The topological polar surface area (TPSA) is 27.6 Å². The van der Waals surface area contributed by atoms with Crippen LogP contribution in [0.15, 0.2) is 4.99 Å². The van der Waals surface area contributed by atoms with Crippen molar-refractivity contribution in [3.63, 3.8) is 0 Å². The maximum Gasteiger partial charge on any atom is 0.121 e. The molecule has 1 rings (SSSR count). The highest BCUT2D eigenvalue weighted by molar-refractivity contribution is 7.77. The zero-order valence-electron chi connectivity index (χ0n) is 3.13. The van der Waals surface area contributed by atoms with Gasteiger partial charge in [0.05, 0.1) is 6.34 Å². The third-order valence-corrected chi connectivity index (χ3v) is 0.756. The van der Waals surface area contributed by atoms with E-state index in [9.17, 15) is 0 Å². The summed E-state index contributed by atoms with van der Waals surface area (Å²) in [4.78, 5) is 3.78. The number of hydrogen-bond acceptors (Lipinski definition) is 4. The fourth-order valence-electron chi connectivity index (χ4n) is 0.266. The van der Waals surface area contributed by atoms with Crippen LogP contribution in [0.5, 0.6) is 0 Å². The standard InChI is InChI=1S/C2H5N3S/c6-5-2-3-1-4-5/h1,6H,2H2,(H,3,4). The highest BCUT2D eigenvalue weighted by Gasteiger charge is 1.95. The molecular formula is C2H5N3S. The van der Waals surface area contributed by atoms with Crippen LogP contribution < -0.4 is 5.43 Å². The number of rotatable bonds is 0. The first-order valence-electron chi connectivity index (χ1n) is 1.60. The summed E-state index contributed by atoms with van der Waals surface area (Å²) in [5.74, 6) is 0. The van der Waals surface area contributed by atoms with E-state index >= 15 is 0 Å². The monoisotopic (exact) mass is 103 g/mol. The molecule has 1 heterocycles. The van der Waals surface area contributed by atoms with Crippen LogP contribution in [-0.4, -0.2) is 17.4 Å². The van der Waals surface area contributed by atoms with Crippen LogP contribution in [0.25, 0.3) is 0 Å². The molecule has 0 amide bonds. The molecule has 0 aliphatic carbocycles. The van der Waals surface area contributed by atoms with Crippen molar-refractivity contribution in [1.29, 1.82) is 0 Å². The molecule has 0 unspecified atom stereocenters. The van der Waals surface area contributed by atoms with Crippen LogP contribution in [0.4, 0.5) is 0 Å². The highest BCUT2D eigenvalue weighted by atomic mass is 32.1. The van der Waals surface area contributed by atoms with E-state index in [0.29, 0.717) is 6.67 Å². The number of aliphatic imine (C=N–C) groups is 1. The average Bonchev–Trinajstić information content (AvgIpc) is 1.86. The molecule has 0 aromatic carbocycles. The first-order chi connectivity index (χ1) is 2.89. The Bertz CT molecular complexity index is 63.2. The van der Waals surface area contributed by atoms with Crippen molar-refractivity contribution in [2.45, 2.75) is 0 Å². The Balaban J connectivity index is 2.32. The van der Waals surface area contributed by atoms with E-state index in [1.54, 1.807) is 10.8 Å². The summed E-state index contributed by atoms with van der Waals surface area (Å²) in [6.07, 6.45) is 1.60. The minimum absolute atomic E-state index is 0.642. The number of nitrogens with one attached hydrogen (secondary N) is 1.